The second kappa shape index (κ2) is 7.13. The zero-order chi connectivity index (χ0) is 18.1. The van der Waals surface area contributed by atoms with Crippen molar-refractivity contribution in [3.05, 3.63) is 41.7 Å². The number of carbonyl (C=O) groups excluding carboxylic acids is 1. The van der Waals surface area contributed by atoms with Gasteiger partial charge in [0.2, 0.25) is 5.91 Å². The number of aromatic nitrogens is 2. The Bertz CT molecular complexity index is 944. The Morgan fingerprint density at radius 2 is 1.92 bits per heavy atom. The van der Waals surface area contributed by atoms with Crippen molar-refractivity contribution in [1.29, 1.82) is 0 Å². The highest BCUT2D eigenvalue weighted by Gasteiger charge is 2.24. The number of amides is 1. The standard InChI is InChI=1S/C20H22N4OS/c1-12-22-11-18(26-12)14-2-3-15-10-23-19(9-16(15)8-14)24-20(25)13-4-6-17(21)7-5-13/h2-3,8-11,13,17H,4-7,21H2,1H3,(H,23,24,25). The first-order valence-corrected chi connectivity index (χ1v) is 9.79. The summed E-state index contributed by atoms with van der Waals surface area (Å²) in [6.07, 6.45) is 7.26. The molecule has 0 atom stereocenters. The van der Waals surface area contributed by atoms with Crippen LogP contribution in [0.5, 0.6) is 0 Å². The maximum atomic E-state index is 12.5. The summed E-state index contributed by atoms with van der Waals surface area (Å²) in [7, 11) is 0. The van der Waals surface area contributed by atoms with Gasteiger partial charge in [0.15, 0.2) is 0 Å². The van der Waals surface area contributed by atoms with Crippen molar-refractivity contribution in [3.63, 3.8) is 0 Å². The Morgan fingerprint density at radius 1 is 1.12 bits per heavy atom. The average molecular weight is 366 g/mol. The number of nitrogens with two attached hydrogens (primary N) is 1. The molecular formula is C20H22N4OS. The van der Waals surface area contributed by atoms with Crippen LogP contribution in [0.15, 0.2) is 36.7 Å². The predicted molar refractivity (Wildman–Crippen MR) is 106 cm³/mol. The van der Waals surface area contributed by atoms with Gasteiger partial charge in [-0.25, -0.2) is 9.97 Å². The highest BCUT2D eigenvalue weighted by atomic mass is 32.1. The molecule has 1 fully saturated rings. The summed E-state index contributed by atoms with van der Waals surface area (Å²) in [5, 5.41) is 6.14. The van der Waals surface area contributed by atoms with Crippen LogP contribution in [0.4, 0.5) is 5.82 Å². The van der Waals surface area contributed by atoms with E-state index in [9.17, 15) is 4.79 Å². The number of benzene rings is 1. The summed E-state index contributed by atoms with van der Waals surface area (Å²) in [4.78, 5) is 22.4. The Morgan fingerprint density at radius 3 is 2.65 bits per heavy atom. The minimum absolute atomic E-state index is 0.0406. The Balaban J connectivity index is 1.55. The van der Waals surface area contributed by atoms with E-state index in [1.165, 1.54) is 0 Å². The van der Waals surface area contributed by atoms with Crippen molar-refractivity contribution in [3.8, 4) is 10.4 Å². The van der Waals surface area contributed by atoms with E-state index in [1.807, 2.05) is 25.4 Å². The van der Waals surface area contributed by atoms with E-state index in [4.69, 9.17) is 5.73 Å². The summed E-state index contributed by atoms with van der Waals surface area (Å²) in [5.74, 6) is 0.701. The van der Waals surface area contributed by atoms with Crippen LogP contribution in [0.3, 0.4) is 0 Å². The molecule has 0 aliphatic heterocycles. The van der Waals surface area contributed by atoms with Gasteiger partial charge >= 0.3 is 0 Å². The number of pyridine rings is 1. The fourth-order valence-corrected chi connectivity index (χ4v) is 4.24. The molecule has 1 saturated carbocycles. The zero-order valence-electron chi connectivity index (χ0n) is 14.7. The molecule has 134 valence electrons. The third-order valence-corrected chi connectivity index (χ3v) is 5.98. The Hall–Kier alpha value is -2.31. The third-order valence-electron chi connectivity index (χ3n) is 5.02. The van der Waals surface area contributed by atoms with Crippen LogP contribution >= 0.6 is 11.3 Å². The van der Waals surface area contributed by atoms with E-state index >= 15 is 0 Å². The van der Waals surface area contributed by atoms with Crippen LogP contribution in [0.1, 0.15) is 30.7 Å². The fraction of sp³-hybridized carbons (Fsp3) is 0.350. The second-order valence-corrected chi connectivity index (χ2v) is 8.21. The number of thiazole rings is 1. The lowest BCUT2D eigenvalue weighted by molar-refractivity contribution is -0.120. The van der Waals surface area contributed by atoms with Crippen LogP contribution in [0.25, 0.3) is 21.2 Å². The summed E-state index contributed by atoms with van der Waals surface area (Å²) in [5.41, 5.74) is 7.06. The van der Waals surface area contributed by atoms with Gasteiger partial charge in [-0.2, -0.15) is 0 Å². The number of anilines is 1. The lowest BCUT2D eigenvalue weighted by Gasteiger charge is -2.24. The molecule has 1 aromatic carbocycles. The second-order valence-electron chi connectivity index (χ2n) is 6.98. The molecule has 3 N–H and O–H groups in total. The summed E-state index contributed by atoms with van der Waals surface area (Å²) in [6.45, 7) is 2.00. The average Bonchev–Trinajstić information content (AvgIpc) is 3.08. The molecule has 2 heterocycles. The molecule has 1 aliphatic rings. The molecule has 6 heteroatoms. The summed E-state index contributed by atoms with van der Waals surface area (Å²) < 4.78 is 0. The van der Waals surface area contributed by atoms with Gasteiger partial charge in [0.25, 0.3) is 0 Å². The van der Waals surface area contributed by atoms with E-state index in [-0.39, 0.29) is 17.9 Å². The minimum atomic E-state index is 0.0406. The number of hydrogen-bond donors (Lipinski definition) is 2. The number of fused-ring (bicyclic) bond motifs is 1. The molecule has 5 nitrogen and oxygen atoms in total. The van der Waals surface area contributed by atoms with Crippen molar-refractivity contribution in [2.24, 2.45) is 11.7 Å². The topological polar surface area (TPSA) is 80.9 Å². The normalized spacial score (nSPS) is 20.2. The van der Waals surface area contributed by atoms with Gasteiger partial charge in [0.1, 0.15) is 5.82 Å². The van der Waals surface area contributed by atoms with Gasteiger partial charge < -0.3 is 11.1 Å². The van der Waals surface area contributed by atoms with Crippen LogP contribution in [-0.4, -0.2) is 21.9 Å². The first kappa shape index (κ1) is 17.1. The number of nitrogens with one attached hydrogen (secondary N) is 1. The molecule has 2 aromatic heterocycles. The maximum Gasteiger partial charge on any atom is 0.228 e. The van der Waals surface area contributed by atoms with Crippen molar-refractivity contribution in [1.82, 2.24) is 9.97 Å². The predicted octanol–water partition coefficient (Wildman–Crippen LogP) is 4.12. The van der Waals surface area contributed by atoms with Crippen LogP contribution in [-0.2, 0) is 4.79 Å². The Kier molecular flexibility index (Phi) is 4.70. The molecule has 1 aliphatic carbocycles. The summed E-state index contributed by atoms with van der Waals surface area (Å²) in [6, 6.07) is 8.45. The number of rotatable bonds is 3. The maximum absolute atomic E-state index is 12.5. The first-order valence-electron chi connectivity index (χ1n) is 8.97. The molecule has 0 radical (unpaired) electrons. The first-order chi connectivity index (χ1) is 12.6. The molecule has 26 heavy (non-hydrogen) atoms. The van der Waals surface area contributed by atoms with Gasteiger partial charge in [-0.05, 0) is 55.7 Å². The van der Waals surface area contributed by atoms with Crippen LogP contribution < -0.4 is 11.1 Å². The highest BCUT2D eigenvalue weighted by molar-refractivity contribution is 7.15. The molecule has 4 rings (SSSR count). The van der Waals surface area contributed by atoms with Gasteiger partial charge in [0.05, 0.1) is 9.88 Å². The van der Waals surface area contributed by atoms with Crippen LogP contribution in [0, 0.1) is 12.8 Å². The van der Waals surface area contributed by atoms with Crippen molar-refractivity contribution in [2.45, 2.75) is 38.6 Å². The van der Waals surface area contributed by atoms with Crippen molar-refractivity contribution >= 4 is 33.8 Å². The minimum Gasteiger partial charge on any atom is -0.328 e. The molecular weight excluding hydrogens is 344 g/mol. The van der Waals surface area contributed by atoms with E-state index in [1.54, 1.807) is 11.3 Å². The zero-order valence-corrected chi connectivity index (χ0v) is 15.6. The van der Waals surface area contributed by atoms with Gasteiger partial charge in [-0.1, -0.05) is 12.1 Å². The molecule has 3 aromatic rings. The van der Waals surface area contributed by atoms with Gasteiger partial charge in [0, 0.05) is 29.7 Å². The lowest BCUT2D eigenvalue weighted by Crippen LogP contribution is -2.32. The lowest BCUT2D eigenvalue weighted by atomic mass is 9.86. The molecule has 0 saturated heterocycles. The number of aryl methyl sites for hydroxylation is 1. The van der Waals surface area contributed by atoms with Crippen LogP contribution in [0.2, 0.25) is 0 Å². The quantitative estimate of drug-likeness (QED) is 0.730. The molecule has 0 spiro atoms. The van der Waals surface area contributed by atoms with Crippen molar-refractivity contribution in [2.75, 3.05) is 5.32 Å². The highest BCUT2D eigenvalue weighted by Crippen LogP contribution is 2.30. The summed E-state index contributed by atoms with van der Waals surface area (Å²) >= 11 is 1.68. The van der Waals surface area contributed by atoms with Gasteiger partial charge in [-0.3, -0.25) is 4.79 Å². The molecule has 1 amide bonds. The number of hydrogen-bond acceptors (Lipinski definition) is 5. The van der Waals surface area contributed by atoms with Crippen molar-refractivity contribution < 1.29 is 4.79 Å². The fourth-order valence-electron chi connectivity index (χ4n) is 3.47. The van der Waals surface area contributed by atoms with E-state index in [2.05, 4.69) is 33.5 Å². The van der Waals surface area contributed by atoms with Gasteiger partial charge in [-0.15, -0.1) is 11.3 Å². The molecule has 0 bridgehead atoms. The number of nitrogens with zero attached hydrogens (tertiary/aromatic N) is 2. The molecule has 0 unspecified atom stereocenters. The SMILES string of the molecule is Cc1ncc(-c2ccc3cnc(NC(=O)C4CCC(N)CC4)cc3c2)s1. The monoisotopic (exact) mass is 366 g/mol. The van der Waals surface area contributed by atoms with E-state index < -0.39 is 0 Å². The number of carbonyl (C=O) groups is 1. The Labute approximate surface area is 156 Å². The van der Waals surface area contributed by atoms with E-state index in [0.717, 1.165) is 51.9 Å². The third kappa shape index (κ3) is 3.61. The van der Waals surface area contributed by atoms with E-state index in [0.29, 0.717) is 5.82 Å². The largest absolute Gasteiger partial charge is 0.328 e. The smallest absolute Gasteiger partial charge is 0.228 e.